The monoisotopic (exact) mass is 365 g/mol. The predicted octanol–water partition coefficient (Wildman–Crippen LogP) is 4.62. The Kier molecular flexibility index (Phi) is 7.28. The Balaban J connectivity index is 1.87. The van der Waals surface area contributed by atoms with Gasteiger partial charge in [-0.25, -0.2) is 0 Å². The highest BCUT2D eigenvalue weighted by Crippen LogP contribution is 2.30. The summed E-state index contributed by atoms with van der Waals surface area (Å²) >= 11 is 7.62. The molecule has 2 rings (SSSR count). The van der Waals surface area contributed by atoms with Crippen molar-refractivity contribution < 1.29 is 14.3 Å². The molecule has 6 heteroatoms. The Morgan fingerprint density at radius 1 is 1.21 bits per heavy atom. The number of halogens is 1. The van der Waals surface area contributed by atoms with Crippen LogP contribution in [0.5, 0.6) is 11.5 Å². The van der Waals surface area contributed by atoms with Crippen molar-refractivity contribution in [2.24, 2.45) is 0 Å². The number of hydrogen-bond acceptors (Lipinski definition) is 4. The van der Waals surface area contributed by atoms with Crippen LogP contribution >= 0.6 is 23.4 Å². The van der Waals surface area contributed by atoms with Crippen LogP contribution in [0.2, 0.25) is 5.02 Å². The average molecular weight is 366 g/mol. The molecule has 0 aliphatic rings. The molecule has 0 bridgehead atoms. The number of carbonyl (C=O) groups excluding carboxylic acids is 1. The third-order valence-electron chi connectivity index (χ3n) is 3.20. The molecule has 2 aromatic carbocycles. The van der Waals surface area contributed by atoms with Gasteiger partial charge in [-0.3, -0.25) is 4.79 Å². The number of amides is 1. The molecule has 1 amide bonds. The van der Waals surface area contributed by atoms with Gasteiger partial charge in [0.05, 0.1) is 19.5 Å². The van der Waals surface area contributed by atoms with Gasteiger partial charge in [-0.1, -0.05) is 29.8 Å². The first-order valence-corrected chi connectivity index (χ1v) is 9.09. The lowest BCUT2D eigenvalue weighted by molar-refractivity contribution is -0.113. The van der Waals surface area contributed by atoms with Crippen molar-refractivity contribution in [3.8, 4) is 11.5 Å². The summed E-state index contributed by atoms with van der Waals surface area (Å²) in [5, 5.41) is 3.58. The van der Waals surface area contributed by atoms with Gasteiger partial charge in [-0.2, -0.15) is 0 Å². The van der Waals surface area contributed by atoms with E-state index in [2.05, 4.69) is 5.32 Å². The van der Waals surface area contributed by atoms with Gasteiger partial charge in [0.2, 0.25) is 5.91 Å². The molecule has 0 heterocycles. The van der Waals surface area contributed by atoms with Crippen LogP contribution in [0, 0.1) is 0 Å². The summed E-state index contributed by atoms with van der Waals surface area (Å²) in [6, 6.07) is 13.0. The van der Waals surface area contributed by atoms with Gasteiger partial charge in [0.1, 0.15) is 0 Å². The number of rotatable bonds is 8. The molecule has 0 aromatic heterocycles. The zero-order valence-electron chi connectivity index (χ0n) is 13.7. The molecular weight excluding hydrogens is 346 g/mol. The summed E-state index contributed by atoms with van der Waals surface area (Å²) in [5.41, 5.74) is 1.71. The number of anilines is 1. The predicted molar refractivity (Wildman–Crippen MR) is 100 cm³/mol. The van der Waals surface area contributed by atoms with Crippen molar-refractivity contribution in [2.45, 2.75) is 12.7 Å². The van der Waals surface area contributed by atoms with E-state index in [1.54, 1.807) is 25.3 Å². The SMILES string of the molecule is CCOc1ccc(NC(=O)CSCc2ccccc2Cl)cc1OC. The minimum absolute atomic E-state index is 0.0710. The molecule has 0 unspecified atom stereocenters. The number of carbonyl (C=O) groups is 1. The van der Waals surface area contributed by atoms with E-state index in [9.17, 15) is 4.79 Å². The molecule has 0 aliphatic heterocycles. The molecule has 0 aliphatic carbocycles. The lowest BCUT2D eigenvalue weighted by Crippen LogP contribution is -2.14. The van der Waals surface area contributed by atoms with Gasteiger partial charge in [-0.05, 0) is 30.7 Å². The second-order valence-electron chi connectivity index (χ2n) is 4.93. The van der Waals surface area contributed by atoms with Crippen molar-refractivity contribution in [2.75, 3.05) is 24.8 Å². The fraction of sp³-hybridized carbons (Fsp3) is 0.278. The number of thioether (sulfide) groups is 1. The molecular formula is C18H20ClNO3S. The molecule has 24 heavy (non-hydrogen) atoms. The summed E-state index contributed by atoms with van der Waals surface area (Å²) < 4.78 is 10.7. The third-order valence-corrected chi connectivity index (χ3v) is 4.55. The molecule has 4 nitrogen and oxygen atoms in total. The van der Waals surface area contributed by atoms with Gasteiger partial charge < -0.3 is 14.8 Å². The summed E-state index contributed by atoms with van der Waals surface area (Å²) in [4.78, 5) is 12.1. The summed E-state index contributed by atoms with van der Waals surface area (Å²) in [6.45, 7) is 2.46. The number of nitrogens with one attached hydrogen (secondary N) is 1. The van der Waals surface area contributed by atoms with Crippen molar-refractivity contribution in [3.63, 3.8) is 0 Å². The zero-order chi connectivity index (χ0) is 17.4. The molecule has 0 spiro atoms. The Labute approximate surface area is 151 Å². The number of ether oxygens (including phenoxy) is 2. The quantitative estimate of drug-likeness (QED) is 0.741. The van der Waals surface area contributed by atoms with Crippen LogP contribution in [0.15, 0.2) is 42.5 Å². The summed E-state index contributed by atoms with van der Waals surface area (Å²) in [5.74, 6) is 2.23. The highest BCUT2D eigenvalue weighted by molar-refractivity contribution is 7.99. The average Bonchev–Trinajstić information content (AvgIpc) is 2.58. The zero-order valence-corrected chi connectivity index (χ0v) is 15.2. The maximum absolute atomic E-state index is 12.1. The first kappa shape index (κ1) is 18.5. The second kappa shape index (κ2) is 9.45. The number of benzene rings is 2. The Morgan fingerprint density at radius 3 is 2.71 bits per heavy atom. The minimum Gasteiger partial charge on any atom is -0.493 e. The highest BCUT2D eigenvalue weighted by atomic mass is 35.5. The van der Waals surface area contributed by atoms with Crippen LogP contribution in [0.4, 0.5) is 5.69 Å². The molecule has 0 saturated carbocycles. The number of methoxy groups -OCH3 is 1. The standard InChI is InChI=1S/C18H20ClNO3S/c1-3-23-16-9-8-14(10-17(16)22-2)20-18(21)12-24-11-13-6-4-5-7-15(13)19/h4-10H,3,11-12H2,1-2H3,(H,20,21). The topological polar surface area (TPSA) is 47.6 Å². The molecule has 0 saturated heterocycles. The Hall–Kier alpha value is -1.85. The van der Waals surface area contributed by atoms with Crippen LogP contribution < -0.4 is 14.8 Å². The van der Waals surface area contributed by atoms with E-state index in [1.807, 2.05) is 31.2 Å². The van der Waals surface area contributed by atoms with Crippen LogP contribution in [0.25, 0.3) is 0 Å². The van der Waals surface area contributed by atoms with Crippen molar-refractivity contribution >= 4 is 35.0 Å². The van der Waals surface area contributed by atoms with E-state index in [-0.39, 0.29) is 5.91 Å². The maximum Gasteiger partial charge on any atom is 0.234 e. The molecule has 0 radical (unpaired) electrons. The van der Waals surface area contributed by atoms with Crippen molar-refractivity contribution in [1.29, 1.82) is 0 Å². The van der Waals surface area contributed by atoms with Gasteiger partial charge in [0, 0.05) is 22.5 Å². The Morgan fingerprint density at radius 2 is 2.00 bits per heavy atom. The first-order valence-electron chi connectivity index (χ1n) is 7.56. The second-order valence-corrected chi connectivity index (χ2v) is 6.32. The molecule has 0 atom stereocenters. The normalized spacial score (nSPS) is 10.3. The molecule has 0 fully saturated rings. The maximum atomic E-state index is 12.1. The lowest BCUT2D eigenvalue weighted by Gasteiger charge is -2.11. The highest BCUT2D eigenvalue weighted by Gasteiger charge is 2.08. The fourth-order valence-electron chi connectivity index (χ4n) is 2.09. The lowest BCUT2D eigenvalue weighted by atomic mass is 10.2. The van der Waals surface area contributed by atoms with E-state index >= 15 is 0 Å². The summed E-state index contributed by atoms with van der Waals surface area (Å²) in [7, 11) is 1.57. The van der Waals surface area contributed by atoms with E-state index < -0.39 is 0 Å². The fourth-order valence-corrected chi connectivity index (χ4v) is 3.20. The first-order chi connectivity index (χ1) is 11.6. The van der Waals surface area contributed by atoms with Crippen LogP contribution in [-0.2, 0) is 10.5 Å². The van der Waals surface area contributed by atoms with E-state index in [1.165, 1.54) is 11.8 Å². The van der Waals surface area contributed by atoms with Crippen LogP contribution in [0.3, 0.4) is 0 Å². The third kappa shape index (κ3) is 5.35. The van der Waals surface area contributed by atoms with E-state index in [0.29, 0.717) is 35.3 Å². The smallest absolute Gasteiger partial charge is 0.234 e. The minimum atomic E-state index is -0.0710. The van der Waals surface area contributed by atoms with Crippen molar-refractivity contribution in [1.82, 2.24) is 0 Å². The van der Waals surface area contributed by atoms with Crippen LogP contribution in [-0.4, -0.2) is 25.4 Å². The van der Waals surface area contributed by atoms with Gasteiger partial charge in [0.25, 0.3) is 0 Å². The summed E-state index contributed by atoms with van der Waals surface area (Å²) in [6.07, 6.45) is 0. The number of hydrogen-bond donors (Lipinski definition) is 1. The Bertz CT molecular complexity index is 694. The molecule has 1 N–H and O–H groups in total. The van der Waals surface area contributed by atoms with Gasteiger partial charge in [-0.15, -0.1) is 11.8 Å². The molecule has 128 valence electrons. The van der Waals surface area contributed by atoms with Gasteiger partial charge in [0.15, 0.2) is 11.5 Å². The van der Waals surface area contributed by atoms with Gasteiger partial charge >= 0.3 is 0 Å². The van der Waals surface area contributed by atoms with Crippen LogP contribution in [0.1, 0.15) is 12.5 Å². The largest absolute Gasteiger partial charge is 0.493 e. The van der Waals surface area contributed by atoms with Crippen molar-refractivity contribution in [3.05, 3.63) is 53.1 Å². The van der Waals surface area contributed by atoms with E-state index in [0.717, 1.165) is 10.6 Å². The van der Waals surface area contributed by atoms with E-state index in [4.69, 9.17) is 21.1 Å². The molecule has 2 aromatic rings.